The molecule has 0 atom stereocenters. The second-order valence-corrected chi connectivity index (χ2v) is 6.46. The number of benzene rings is 1. The second-order valence-electron chi connectivity index (χ2n) is 6.05. The van der Waals surface area contributed by atoms with Crippen LogP contribution in [0.5, 0.6) is 17.4 Å². The van der Waals surface area contributed by atoms with Crippen LogP contribution >= 0.6 is 11.6 Å². The topological polar surface area (TPSA) is 69.7 Å². The monoisotopic (exact) mass is 378 g/mol. The zero-order valence-electron chi connectivity index (χ0n) is 15.3. The highest BCUT2D eigenvalue weighted by Crippen LogP contribution is 2.36. The predicted octanol–water partition coefficient (Wildman–Crippen LogP) is 3.72. The predicted molar refractivity (Wildman–Crippen MR) is 100 cm³/mol. The molecule has 2 aromatic rings. The molecule has 140 valence electrons. The summed E-state index contributed by atoms with van der Waals surface area (Å²) in [6.07, 6.45) is 1.63. The zero-order valence-corrected chi connectivity index (χ0v) is 16.1. The Balaban J connectivity index is 2.14. The summed E-state index contributed by atoms with van der Waals surface area (Å²) in [5.41, 5.74) is 1.16. The van der Waals surface area contributed by atoms with Crippen molar-refractivity contribution >= 4 is 17.5 Å². The number of halogens is 1. The van der Waals surface area contributed by atoms with Crippen LogP contribution in [0.4, 0.5) is 0 Å². The molecule has 1 amide bonds. The first kappa shape index (κ1) is 19.8. The molecule has 2 rings (SSSR count). The molecule has 1 heterocycles. The van der Waals surface area contributed by atoms with Crippen molar-refractivity contribution in [2.75, 3.05) is 20.8 Å². The lowest BCUT2D eigenvalue weighted by molar-refractivity contribution is 0.0950. The number of methoxy groups -OCH3 is 2. The van der Waals surface area contributed by atoms with Gasteiger partial charge in [-0.15, -0.1) is 0 Å². The number of ether oxygens (including phenoxy) is 3. The van der Waals surface area contributed by atoms with E-state index in [1.54, 1.807) is 24.4 Å². The number of hydrogen-bond acceptors (Lipinski definition) is 5. The Kier molecular flexibility index (Phi) is 7.09. The van der Waals surface area contributed by atoms with E-state index in [0.29, 0.717) is 40.5 Å². The largest absolute Gasteiger partial charge is 0.493 e. The summed E-state index contributed by atoms with van der Waals surface area (Å²) in [5.74, 6) is 1.39. The van der Waals surface area contributed by atoms with Crippen LogP contribution in [0.3, 0.4) is 0 Å². The van der Waals surface area contributed by atoms with E-state index in [9.17, 15) is 4.79 Å². The molecule has 7 heteroatoms. The second kappa shape index (κ2) is 9.29. The zero-order chi connectivity index (χ0) is 19.1. The maximum Gasteiger partial charge on any atom is 0.251 e. The van der Waals surface area contributed by atoms with Crippen LogP contribution in [0.1, 0.15) is 29.8 Å². The Morgan fingerprint density at radius 1 is 1.27 bits per heavy atom. The van der Waals surface area contributed by atoms with Gasteiger partial charge in [0.15, 0.2) is 11.5 Å². The van der Waals surface area contributed by atoms with Crippen molar-refractivity contribution in [3.63, 3.8) is 0 Å². The van der Waals surface area contributed by atoms with Gasteiger partial charge in [-0.25, -0.2) is 4.98 Å². The van der Waals surface area contributed by atoms with Crippen LogP contribution < -0.4 is 19.5 Å². The van der Waals surface area contributed by atoms with Gasteiger partial charge in [0, 0.05) is 23.9 Å². The Morgan fingerprint density at radius 2 is 2.04 bits per heavy atom. The summed E-state index contributed by atoms with van der Waals surface area (Å²) >= 11 is 6.29. The van der Waals surface area contributed by atoms with Crippen molar-refractivity contribution in [2.45, 2.75) is 20.4 Å². The Morgan fingerprint density at radius 3 is 2.69 bits per heavy atom. The fraction of sp³-hybridized carbons (Fsp3) is 0.368. The van der Waals surface area contributed by atoms with Gasteiger partial charge in [-0.3, -0.25) is 4.79 Å². The molecular weight excluding hydrogens is 356 g/mol. The molecular formula is C19H23ClN2O4. The van der Waals surface area contributed by atoms with Crippen molar-refractivity contribution in [2.24, 2.45) is 5.92 Å². The first-order valence-electron chi connectivity index (χ1n) is 8.22. The third-order valence-corrected chi connectivity index (χ3v) is 3.82. The van der Waals surface area contributed by atoms with E-state index in [2.05, 4.69) is 10.3 Å². The molecule has 0 unspecified atom stereocenters. The van der Waals surface area contributed by atoms with Crippen molar-refractivity contribution in [1.29, 1.82) is 0 Å². The highest BCUT2D eigenvalue weighted by atomic mass is 35.5. The third-order valence-electron chi connectivity index (χ3n) is 3.54. The van der Waals surface area contributed by atoms with Crippen LogP contribution in [0, 0.1) is 5.92 Å². The van der Waals surface area contributed by atoms with Gasteiger partial charge in [0.1, 0.15) is 0 Å². The normalized spacial score (nSPS) is 10.5. The third kappa shape index (κ3) is 5.02. The Hall–Kier alpha value is -2.47. The number of pyridine rings is 1. The minimum atomic E-state index is -0.286. The van der Waals surface area contributed by atoms with Gasteiger partial charge in [-0.05, 0) is 24.1 Å². The molecule has 1 aromatic heterocycles. The molecule has 0 spiro atoms. The number of carbonyl (C=O) groups is 1. The molecule has 0 saturated carbocycles. The van der Waals surface area contributed by atoms with Crippen LogP contribution in [0.2, 0.25) is 5.02 Å². The van der Waals surface area contributed by atoms with Gasteiger partial charge >= 0.3 is 0 Å². The summed E-state index contributed by atoms with van der Waals surface area (Å²) in [5, 5.41) is 3.15. The lowest BCUT2D eigenvalue weighted by atomic mass is 10.1. The summed E-state index contributed by atoms with van der Waals surface area (Å²) in [6.45, 7) is 4.85. The molecule has 0 aliphatic rings. The molecule has 1 aromatic carbocycles. The fourth-order valence-corrected chi connectivity index (χ4v) is 2.53. The van der Waals surface area contributed by atoms with Crippen molar-refractivity contribution in [3.8, 4) is 17.4 Å². The first-order chi connectivity index (χ1) is 12.5. The summed E-state index contributed by atoms with van der Waals surface area (Å²) in [7, 11) is 3.05. The molecule has 0 aliphatic carbocycles. The van der Waals surface area contributed by atoms with E-state index in [4.69, 9.17) is 25.8 Å². The van der Waals surface area contributed by atoms with Crippen LogP contribution in [0.25, 0.3) is 0 Å². The maximum absolute atomic E-state index is 12.5. The Bertz CT molecular complexity index is 765. The minimum absolute atomic E-state index is 0.279. The van der Waals surface area contributed by atoms with E-state index in [1.165, 1.54) is 14.2 Å². The van der Waals surface area contributed by atoms with Gasteiger partial charge in [0.2, 0.25) is 5.88 Å². The smallest absolute Gasteiger partial charge is 0.251 e. The molecule has 0 radical (unpaired) electrons. The highest BCUT2D eigenvalue weighted by Gasteiger charge is 2.17. The van der Waals surface area contributed by atoms with E-state index >= 15 is 0 Å². The number of nitrogens with zero attached hydrogens (tertiary/aromatic N) is 1. The molecule has 0 aliphatic heterocycles. The average Bonchev–Trinajstić information content (AvgIpc) is 2.64. The van der Waals surface area contributed by atoms with Gasteiger partial charge in [-0.2, -0.15) is 0 Å². The summed E-state index contributed by atoms with van der Waals surface area (Å²) in [4.78, 5) is 16.6. The molecule has 0 fully saturated rings. The number of nitrogens with one attached hydrogen (secondary N) is 1. The molecule has 26 heavy (non-hydrogen) atoms. The molecule has 6 nitrogen and oxygen atoms in total. The number of hydrogen-bond donors (Lipinski definition) is 1. The Labute approximate surface area is 158 Å². The maximum atomic E-state index is 12.5. The number of carbonyl (C=O) groups excluding carboxylic acids is 1. The number of aromatic nitrogens is 1. The quantitative estimate of drug-likeness (QED) is 0.758. The highest BCUT2D eigenvalue weighted by molar-refractivity contribution is 6.32. The van der Waals surface area contributed by atoms with Crippen LogP contribution in [0.15, 0.2) is 30.5 Å². The van der Waals surface area contributed by atoms with E-state index < -0.39 is 0 Å². The fourth-order valence-electron chi connectivity index (χ4n) is 2.26. The van der Waals surface area contributed by atoms with Gasteiger partial charge < -0.3 is 19.5 Å². The molecule has 0 saturated heterocycles. The number of amides is 1. The van der Waals surface area contributed by atoms with E-state index in [1.807, 2.05) is 19.9 Å². The SMILES string of the molecule is COc1cc(C(=O)NCc2cccnc2OC)cc(Cl)c1OCC(C)C. The number of rotatable bonds is 8. The average molecular weight is 379 g/mol. The van der Waals surface area contributed by atoms with E-state index in [-0.39, 0.29) is 12.5 Å². The van der Waals surface area contributed by atoms with E-state index in [0.717, 1.165) is 5.56 Å². The minimum Gasteiger partial charge on any atom is -0.493 e. The molecule has 1 N–H and O–H groups in total. The van der Waals surface area contributed by atoms with Gasteiger partial charge in [-0.1, -0.05) is 31.5 Å². The van der Waals surface area contributed by atoms with Gasteiger partial charge in [0.05, 0.1) is 25.8 Å². The lowest BCUT2D eigenvalue weighted by Crippen LogP contribution is -2.23. The van der Waals surface area contributed by atoms with Gasteiger partial charge in [0.25, 0.3) is 5.91 Å². The lowest BCUT2D eigenvalue weighted by Gasteiger charge is -2.15. The van der Waals surface area contributed by atoms with Crippen molar-refractivity contribution in [3.05, 3.63) is 46.6 Å². The van der Waals surface area contributed by atoms with Crippen LogP contribution in [-0.4, -0.2) is 31.7 Å². The van der Waals surface area contributed by atoms with Crippen molar-refractivity contribution < 1.29 is 19.0 Å². The van der Waals surface area contributed by atoms with Crippen LogP contribution in [-0.2, 0) is 6.54 Å². The summed E-state index contributed by atoms with van der Waals surface area (Å²) in [6, 6.07) is 6.79. The molecule has 0 bridgehead atoms. The first-order valence-corrected chi connectivity index (χ1v) is 8.60. The standard InChI is InChI=1S/C19H23ClN2O4/c1-12(2)11-26-17-15(20)8-14(9-16(17)24-3)18(23)22-10-13-6-5-7-21-19(13)25-4/h5-9,12H,10-11H2,1-4H3,(H,22,23). The van der Waals surface area contributed by atoms with Crippen molar-refractivity contribution in [1.82, 2.24) is 10.3 Å². The summed E-state index contributed by atoms with van der Waals surface area (Å²) < 4.78 is 16.2.